The number of carboxylic acids is 2. The van der Waals surface area contributed by atoms with Crippen LogP contribution in [0.1, 0.15) is 13.8 Å². The Morgan fingerprint density at radius 2 is 0.918 bits per heavy atom. The molecule has 33 heteroatoms. The Balaban J connectivity index is 1.64. The van der Waals surface area contributed by atoms with Gasteiger partial charge in [0, 0.05) is 13.8 Å². The van der Waals surface area contributed by atoms with Gasteiger partial charge >= 0.3 is 32.7 Å². The summed E-state index contributed by atoms with van der Waals surface area (Å²) in [5, 5.41) is 110. The van der Waals surface area contributed by atoms with Gasteiger partial charge in [-0.2, -0.15) is 16.8 Å². The molecule has 0 aromatic carbocycles. The fourth-order valence-electron chi connectivity index (χ4n) is 6.59. The number of carbonyl (C=O) groups is 4. The molecule has 4 heterocycles. The van der Waals surface area contributed by atoms with Gasteiger partial charge in [-0.1, -0.05) is 0 Å². The van der Waals surface area contributed by atoms with E-state index in [1.165, 1.54) is 0 Å². The van der Waals surface area contributed by atoms with E-state index in [0.717, 1.165) is 13.8 Å². The summed E-state index contributed by atoms with van der Waals surface area (Å²) in [5.74, 6) is -5.74. The lowest BCUT2D eigenvalue weighted by atomic mass is 9.94. The van der Waals surface area contributed by atoms with Crippen LogP contribution in [0.3, 0.4) is 0 Å². The van der Waals surface area contributed by atoms with E-state index in [1.54, 1.807) is 0 Å². The van der Waals surface area contributed by atoms with E-state index in [4.69, 9.17) is 37.7 Å². The van der Waals surface area contributed by atoms with Crippen LogP contribution in [-0.2, 0) is 81.5 Å². The van der Waals surface area contributed by atoms with Crippen LogP contribution in [-0.4, -0.2) is 237 Å². The number of hydrogen-bond acceptors (Lipinski definition) is 25. The van der Waals surface area contributed by atoms with Gasteiger partial charge < -0.3 is 94.9 Å². The largest absolute Gasteiger partial charge is 0.479 e. The summed E-state index contributed by atoms with van der Waals surface area (Å²) < 4.78 is 110. The summed E-state index contributed by atoms with van der Waals surface area (Å²) in [4.78, 5) is 48.2. The Morgan fingerprint density at radius 1 is 0.508 bits per heavy atom. The lowest BCUT2D eigenvalue weighted by Crippen LogP contribution is -2.70. The number of carboxylic acid groups (broad SMARTS) is 2. The lowest BCUT2D eigenvalue weighted by molar-refractivity contribution is -0.370. The minimum atomic E-state index is -5.36. The van der Waals surface area contributed by atoms with Crippen LogP contribution in [0.2, 0.25) is 0 Å². The molecule has 4 fully saturated rings. The molecular weight excluding hydrogens is 892 g/mol. The minimum Gasteiger partial charge on any atom is -0.479 e. The first-order valence-corrected chi connectivity index (χ1v) is 20.1. The topological polar surface area (TPSA) is 486 Å². The maximum absolute atomic E-state index is 12.5. The smallest absolute Gasteiger partial charge is 0.397 e. The van der Waals surface area contributed by atoms with E-state index in [9.17, 15) is 91.6 Å². The third kappa shape index (κ3) is 12.6. The standard InChI is InChI=1S/C28H44N2O29S2/c1-5(31)29-9-11(33)18(7(53-25(9)44)3-51-60(45,46)47)55-28-17(39)15(37)20(22(59-28)24(42)43)57-26-10(30-6(2)32)12(34)19(8(54-26)4-52-61(48,49)50)56-27-16(38)13(35)14(36)21(58-27)23(40)41/h7-22,25-28,33-39,44H,3-4H2,1-2H3,(H,29,31)(H,30,32)(H,40,41)(H,42,43)(H,45,46,47)(H,48,49,50)/t7-,8-,9-,10-,11-,12-,13+,14+,15-,16-,17-,18-,19-,20+,21-,22-,25-,26+,27-,28-/m1/s1. The normalized spacial score (nSPS) is 42.3. The molecule has 20 atom stereocenters. The van der Waals surface area contributed by atoms with Crippen molar-refractivity contribution in [1.29, 1.82) is 0 Å². The highest BCUT2D eigenvalue weighted by atomic mass is 32.3. The van der Waals surface area contributed by atoms with Gasteiger partial charge in [0.25, 0.3) is 0 Å². The van der Waals surface area contributed by atoms with Crippen molar-refractivity contribution in [3.63, 3.8) is 0 Å². The molecule has 352 valence electrons. The highest BCUT2D eigenvalue weighted by molar-refractivity contribution is 7.81. The van der Waals surface area contributed by atoms with E-state index in [0.29, 0.717) is 0 Å². The summed E-state index contributed by atoms with van der Waals surface area (Å²) in [5.41, 5.74) is 0. The molecule has 0 aromatic rings. The second-order valence-electron chi connectivity index (χ2n) is 13.7. The summed E-state index contributed by atoms with van der Waals surface area (Å²) >= 11 is 0. The van der Waals surface area contributed by atoms with Crippen LogP contribution in [0, 0.1) is 0 Å². The summed E-state index contributed by atoms with van der Waals surface area (Å²) in [6.07, 6.45) is -40.6. The Morgan fingerprint density at radius 3 is 1.38 bits per heavy atom. The summed E-state index contributed by atoms with van der Waals surface area (Å²) in [6.45, 7) is -0.765. The molecule has 0 aromatic heterocycles. The molecule has 31 nitrogen and oxygen atoms in total. The molecule has 4 aliphatic rings. The van der Waals surface area contributed by atoms with E-state index >= 15 is 0 Å². The molecule has 4 saturated heterocycles. The maximum atomic E-state index is 12.5. The first kappa shape index (κ1) is 50.7. The van der Waals surface area contributed by atoms with Crippen molar-refractivity contribution in [3.8, 4) is 0 Å². The van der Waals surface area contributed by atoms with Crippen LogP contribution in [0.25, 0.3) is 0 Å². The van der Waals surface area contributed by atoms with Crippen LogP contribution >= 0.6 is 0 Å². The van der Waals surface area contributed by atoms with Crippen molar-refractivity contribution in [3.05, 3.63) is 0 Å². The molecule has 14 N–H and O–H groups in total. The lowest BCUT2D eigenvalue weighted by Gasteiger charge is -2.49. The van der Waals surface area contributed by atoms with Gasteiger partial charge in [-0.15, -0.1) is 0 Å². The number of carbonyl (C=O) groups excluding carboxylic acids is 2. The van der Waals surface area contributed by atoms with Gasteiger partial charge in [-0.05, 0) is 0 Å². The van der Waals surface area contributed by atoms with Crippen LogP contribution < -0.4 is 10.6 Å². The van der Waals surface area contributed by atoms with Crippen molar-refractivity contribution >= 4 is 44.6 Å². The summed E-state index contributed by atoms with van der Waals surface area (Å²) in [6, 6.07) is -3.77. The minimum absolute atomic E-state index is 0.851. The zero-order valence-corrected chi connectivity index (χ0v) is 32.7. The van der Waals surface area contributed by atoms with E-state index in [1.807, 2.05) is 0 Å². The summed E-state index contributed by atoms with van der Waals surface area (Å²) in [7, 11) is -10.6. The molecule has 0 radical (unpaired) electrons. The number of aliphatic hydroxyl groups is 8. The van der Waals surface area contributed by atoms with E-state index in [2.05, 4.69) is 19.0 Å². The number of ether oxygens (including phenoxy) is 7. The number of aliphatic hydroxyl groups excluding tert-OH is 8. The third-order valence-electron chi connectivity index (χ3n) is 9.34. The molecule has 0 saturated carbocycles. The number of nitrogens with one attached hydrogen (secondary N) is 2. The van der Waals surface area contributed by atoms with Crippen molar-refractivity contribution in [2.24, 2.45) is 0 Å². The average Bonchev–Trinajstić information content (AvgIpc) is 3.13. The number of amides is 2. The molecule has 0 bridgehead atoms. The predicted molar refractivity (Wildman–Crippen MR) is 179 cm³/mol. The van der Waals surface area contributed by atoms with Crippen LogP contribution in [0.15, 0.2) is 0 Å². The number of rotatable bonds is 16. The first-order valence-electron chi connectivity index (χ1n) is 17.4. The highest BCUT2D eigenvalue weighted by Crippen LogP contribution is 2.35. The average molecular weight is 937 g/mol. The van der Waals surface area contributed by atoms with Gasteiger partial charge in [0.15, 0.2) is 37.4 Å². The van der Waals surface area contributed by atoms with Crippen molar-refractivity contribution < 1.29 is 138 Å². The zero-order valence-electron chi connectivity index (χ0n) is 31.1. The van der Waals surface area contributed by atoms with E-state index < -0.39 is 180 Å². The number of hydrogen-bond donors (Lipinski definition) is 14. The second kappa shape index (κ2) is 20.2. The molecule has 4 rings (SSSR count). The first-order chi connectivity index (χ1) is 28.1. The second-order valence-corrected chi connectivity index (χ2v) is 15.9. The Labute approximate surface area is 342 Å². The molecule has 2 amide bonds. The maximum Gasteiger partial charge on any atom is 0.397 e. The van der Waals surface area contributed by atoms with E-state index in [-0.39, 0.29) is 0 Å². The van der Waals surface area contributed by atoms with Crippen molar-refractivity contribution in [1.82, 2.24) is 10.6 Å². The van der Waals surface area contributed by atoms with Gasteiger partial charge in [-0.3, -0.25) is 18.7 Å². The van der Waals surface area contributed by atoms with Crippen LogP contribution in [0.4, 0.5) is 0 Å². The fraction of sp³-hybridized carbons (Fsp3) is 0.857. The fourth-order valence-corrected chi connectivity index (χ4v) is 7.20. The predicted octanol–water partition coefficient (Wildman–Crippen LogP) is -9.62. The monoisotopic (exact) mass is 936 g/mol. The Kier molecular flexibility index (Phi) is 16.8. The van der Waals surface area contributed by atoms with Gasteiger partial charge in [-0.25, -0.2) is 18.0 Å². The quantitative estimate of drug-likeness (QED) is 0.0639. The molecular formula is C28H44N2O29S2. The molecule has 0 unspecified atom stereocenters. The Bertz CT molecular complexity index is 1790. The zero-order chi connectivity index (χ0) is 46.0. The molecule has 0 aliphatic carbocycles. The van der Waals surface area contributed by atoms with Gasteiger partial charge in [0.2, 0.25) is 11.8 Å². The van der Waals surface area contributed by atoms with Crippen molar-refractivity contribution in [2.45, 2.75) is 137 Å². The van der Waals surface area contributed by atoms with Crippen molar-refractivity contribution in [2.75, 3.05) is 13.2 Å². The molecule has 0 spiro atoms. The SMILES string of the molecule is CC(=O)N[C@@H]1[C@@H](O)[C@H](O[C@@H]2O[C@@H](C(=O)O)[C@@H](O[C@@H]3O[C@H](COS(=O)(=O)O)[C@@H](O[C@@H]4O[C@@H](C(=O)O)[C@@H](O)[C@H](O)[C@H]4O)[C@H](O)[C@H]3NC(C)=O)[C@H](O)[C@H]2O)[C@@H](COS(=O)(=O)O)O[C@H]1O. The highest BCUT2D eigenvalue weighted by Gasteiger charge is 2.57. The molecule has 4 aliphatic heterocycles. The van der Waals surface area contributed by atoms with Crippen LogP contribution in [0.5, 0.6) is 0 Å². The number of aliphatic carboxylic acids is 2. The Hall–Kier alpha value is -2.98. The molecule has 61 heavy (non-hydrogen) atoms. The van der Waals surface area contributed by atoms with Gasteiger partial charge in [0.1, 0.15) is 85.3 Å². The third-order valence-corrected chi connectivity index (χ3v) is 10.2. The van der Waals surface area contributed by atoms with Gasteiger partial charge in [0.05, 0.1) is 13.2 Å².